The highest BCUT2D eigenvalue weighted by Crippen LogP contribution is 2.14. The van der Waals surface area contributed by atoms with Crippen molar-refractivity contribution in [3.8, 4) is 6.07 Å². The molecule has 3 rings (SSSR count). The number of nitriles is 1. The zero-order valence-electron chi connectivity index (χ0n) is 13.6. The Labute approximate surface area is 141 Å². The Hall–Kier alpha value is -3.60. The minimum absolute atomic E-state index is 0.0321. The number of benzene rings is 1. The summed E-state index contributed by atoms with van der Waals surface area (Å²) >= 11 is 0. The van der Waals surface area contributed by atoms with Crippen molar-refractivity contribution in [3.63, 3.8) is 0 Å². The van der Waals surface area contributed by atoms with E-state index in [2.05, 4.69) is 15.3 Å². The van der Waals surface area contributed by atoms with E-state index in [1.165, 1.54) is 4.57 Å². The molecular weight excluding hydrogens is 322 g/mol. The van der Waals surface area contributed by atoms with Crippen molar-refractivity contribution in [1.82, 2.24) is 14.5 Å². The highest BCUT2D eigenvalue weighted by atomic mass is 16.2. The standard InChI is InChI=1S/C17H15N5O3/c1-9-5-10(2)22(16(24)12(9)7-18)8-15(23)19-11-3-4-13-14(6-11)21-17(25)20-13/h3-6H,8H2,1-2H3,(H,19,23)(H2,20,21,25). The van der Waals surface area contributed by atoms with Crippen molar-refractivity contribution in [2.24, 2.45) is 0 Å². The van der Waals surface area contributed by atoms with Crippen LogP contribution >= 0.6 is 0 Å². The lowest BCUT2D eigenvalue weighted by Gasteiger charge is -2.12. The normalized spacial score (nSPS) is 10.6. The minimum atomic E-state index is -0.486. The molecule has 0 radical (unpaired) electrons. The molecule has 0 aliphatic rings. The Morgan fingerprint density at radius 2 is 1.92 bits per heavy atom. The van der Waals surface area contributed by atoms with Crippen LogP contribution in [0.4, 0.5) is 5.69 Å². The van der Waals surface area contributed by atoms with Crippen molar-refractivity contribution in [3.05, 3.63) is 61.9 Å². The fourth-order valence-electron chi connectivity index (χ4n) is 2.71. The van der Waals surface area contributed by atoms with E-state index in [1.807, 2.05) is 6.07 Å². The van der Waals surface area contributed by atoms with Crippen molar-refractivity contribution in [2.75, 3.05) is 5.32 Å². The molecule has 25 heavy (non-hydrogen) atoms. The van der Waals surface area contributed by atoms with Gasteiger partial charge in [0.15, 0.2) is 0 Å². The summed E-state index contributed by atoms with van der Waals surface area (Å²) in [6.07, 6.45) is 0. The second-order valence-corrected chi connectivity index (χ2v) is 5.73. The number of anilines is 1. The average molecular weight is 337 g/mol. The number of fused-ring (bicyclic) bond motifs is 1. The summed E-state index contributed by atoms with van der Waals surface area (Å²) in [7, 11) is 0. The summed E-state index contributed by atoms with van der Waals surface area (Å²) in [6, 6.07) is 8.51. The third kappa shape index (κ3) is 3.07. The molecule has 0 fully saturated rings. The molecule has 0 saturated carbocycles. The van der Waals surface area contributed by atoms with Gasteiger partial charge in [-0.2, -0.15) is 5.26 Å². The lowest BCUT2D eigenvalue weighted by atomic mass is 10.1. The van der Waals surface area contributed by atoms with Gasteiger partial charge in [0.05, 0.1) is 11.0 Å². The lowest BCUT2D eigenvalue weighted by molar-refractivity contribution is -0.116. The number of carbonyl (C=O) groups excluding carboxylic acids is 1. The van der Waals surface area contributed by atoms with E-state index in [-0.39, 0.29) is 17.8 Å². The molecule has 0 unspecified atom stereocenters. The second-order valence-electron chi connectivity index (χ2n) is 5.73. The molecule has 1 aromatic carbocycles. The smallest absolute Gasteiger partial charge is 0.323 e. The Morgan fingerprint density at radius 1 is 1.20 bits per heavy atom. The van der Waals surface area contributed by atoms with Gasteiger partial charge in [0.1, 0.15) is 18.2 Å². The SMILES string of the molecule is Cc1cc(C)n(CC(=O)Nc2ccc3[nH]c(=O)[nH]c3c2)c(=O)c1C#N. The monoisotopic (exact) mass is 337 g/mol. The number of rotatable bonds is 3. The number of carbonyl (C=O) groups is 1. The van der Waals surface area contributed by atoms with Gasteiger partial charge in [-0.1, -0.05) is 0 Å². The molecule has 0 bridgehead atoms. The van der Waals surface area contributed by atoms with Crippen LogP contribution in [0.25, 0.3) is 11.0 Å². The predicted octanol–water partition coefficient (Wildman–Crippen LogP) is 1.15. The maximum atomic E-state index is 12.3. The third-order valence-electron chi connectivity index (χ3n) is 3.92. The first kappa shape index (κ1) is 16.3. The Balaban J connectivity index is 1.86. The molecule has 2 aromatic heterocycles. The lowest BCUT2D eigenvalue weighted by Crippen LogP contribution is -2.31. The van der Waals surface area contributed by atoms with Gasteiger partial charge in [0.25, 0.3) is 5.56 Å². The number of hydrogen-bond donors (Lipinski definition) is 3. The van der Waals surface area contributed by atoms with Crippen LogP contribution in [0.2, 0.25) is 0 Å². The highest BCUT2D eigenvalue weighted by molar-refractivity contribution is 5.92. The van der Waals surface area contributed by atoms with Gasteiger partial charge in [-0.25, -0.2) is 4.79 Å². The van der Waals surface area contributed by atoms with Crippen LogP contribution in [-0.4, -0.2) is 20.4 Å². The van der Waals surface area contributed by atoms with Crippen molar-refractivity contribution < 1.29 is 4.79 Å². The number of aromatic nitrogens is 3. The first-order valence-electron chi connectivity index (χ1n) is 7.52. The van der Waals surface area contributed by atoms with E-state index >= 15 is 0 Å². The van der Waals surface area contributed by atoms with Crippen LogP contribution in [-0.2, 0) is 11.3 Å². The minimum Gasteiger partial charge on any atom is -0.324 e. The maximum Gasteiger partial charge on any atom is 0.323 e. The molecule has 8 heteroatoms. The predicted molar refractivity (Wildman–Crippen MR) is 92.4 cm³/mol. The molecule has 3 N–H and O–H groups in total. The van der Waals surface area contributed by atoms with Crippen molar-refractivity contribution in [1.29, 1.82) is 5.26 Å². The fourth-order valence-corrected chi connectivity index (χ4v) is 2.71. The first-order chi connectivity index (χ1) is 11.9. The van der Waals surface area contributed by atoms with Gasteiger partial charge < -0.3 is 19.9 Å². The Kier molecular flexibility index (Phi) is 3.99. The van der Waals surface area contributed by atoms with Gasteiger partial charge in [-0.15, -0.1) is 0 Å². The summed E-state index contributed by atoms with van der Waals surface area (Å²) in [5.74, 6) is -0.407. The van der Waals surface area contributed by atoms with Crippen molar-refractivity contribution >= 4 is 22.6 Å². The molecule has 126 valence electrons. The molecule has 8 nitrogen and oxygen atoms in total. The molecule has 0 spiro atoms. The fraction of sp³-hybridized carbons (Fsp3) is 0.176. The van der Waals surface area contributed by atoms with E-state index in [0.717, 1.165) is 0 Å². The Bertz CT molecular complexity index is 1140. The van der Waals surface area contributed by atoms with E-state index in [9.17, 15) is 14.4 Å². The number of imidazole rings is 1. The molecule has 3 aromatic rings. The summed E-state index contributed by atoms with van der Waals surface area (Å²) in [5.41, 5.74) is 2.09. The van der Waals surface area contributed by atoms with Crippen molar-refractivity contribution in [2.45, 2.75) is 20.4 Å². The molecule has 2 heterocycles. The number of H-pyrrole nitrogens is 2. The van der Waals surface area contributed by atoms with Crippen LogP contribution in [0.15, 0.2) is 33.9 Å². The van der Waals surface area contributed by atoms with Crippen LogP contribution in [0.3, 0.4) is 0 Å². The zero-order valence-corrected chi connectivity index (χ0v) is 13.6. The van der Waals surface area contributed by atoms with Crippen LogP contribution in [0, 0.1) is 25.2 Å². The molecule has 0 saturated heterocycles. The number of amides is 1. The second kappa shape index (κ2) is 6.13. The molecular formula is C17H15N5O3. The molecule has 0 aliphatic heterocycles. The first-order valence-corrected chi connectivity index (χ1v) is 7.52. The highest BCUT2D eigenvalue weighted by Gasteiger charge is 2.13. The molecule has 1 amide bonds. The van der Waals surface area contributed by atoms with E-state index < -0.39 is 11.5 Å². The van der Waals surface area contributed by atoms with Crippen LogP contribution in [0.1, 0.15) is 16.8 Å². The van der Waals surface area contributed by atoms with E-state index in [4.69, 9.17) is 5.26 Å². The number of hydrogen-bond acceptors (Lipinski definition) is 4. The van der Waals surface area contributed by atoms with Gasteiger partial charge in [-0.3, -0.25) is 9.59 Å². The zero-order chi connectivity index (χ0) is 18.1. The summed E-state index contributed by atoms with van der Waals surface area (Å²) < 4.78 is 1.26. The van der Waals surface area contributed by atoms with E-state index in [0.29, 0.717) is 28.0 Å². The van der Waals surface area contributed by atoms with Crippen LogP contribution < -0.4 is 16.6 Å². The van der Waals surface area contributed by atoms with Gasteiger partial charge in [0.2, 0.25) is 5.91 Å². The summed E-state index contributed by atoms with van der Waals surface area (Å²) in [5, 5.41) is 11.8. The number of aryl methyl sites for hydroxylation is 2. The van der Waals surface area contributed by atoms with Gasteiger partial charge in [0, 0.05) is 11.4 Å². The van der Waals surface area contributed by atoms with Gasteiger partial charge >= 0.3 is 5.69 Å². The third-order valence-corrected chi connectivity index (χ3v) is 3.92. The van der Waals surface area contributed by atoms with Crippen LogP contribution in [0.5, 0.6) is 0 Å². The molecule has 0 aliphatic carbocycles. The topological polar surface area (TPSA) is 124 Å². The van der Waals surface area contributed by atoms with Gasteiger partial charge in [-0.05, 0) is 43.7 Å². The summed E-state index contributed by atoms with van der Waals surface area (Å²) in [4.78, 5) is 41.1. The quantitative estimate of drug-likeness (QED) is 0.663. The average Bonchev–Trinajstić information content (AvgIpc) is 2.91. The number of nitrogens with zero attached hydrogens (tertiary/aromatic N) is 2. The largest absolute Gasteiger partial charge is 0.324 e. The van der Waals surface area contributed by atoms with E-state index in [1.54, 1.807) is 38.1 Å². The maximum absolute atomic E-state index is 12.3. The number of nitrogens with one attached hydrogen (secondary N) is 3. The Morgan fingerprint density at radius 3 is 2.64 bits per heavy atom. The number of pyridine rings is 1. The number of aromatic amines is 2. The molecule has 0 atom stereocenters. The summed E-state index contributed by atoms with van der Waals surface area (Å²) in [6.45, 7) is 3.19.